The van der Waals surface area contributed by atoms with Crippen molar-refractivity contribution in [3.05, 3.63) is 53.8 Å². The second-order valence-electron chi connectivity index (χ2n) is 11.8. The largest absolute Gasteiger partial charge is 0.449 e. The van der Waals surface area contributed by atoms with Crippen LogP contribution in [-0.4, -0.2) is 76.2 Å². The molecule has 1 unspecified atom stereocenters. The van der Waals surface area contributed by atoms with Crippen molar-refractivity contribution in [2.75, 3.05) is 49.2 Å². The topological polar surface area (TPSA) is 137 Å². The maximum atomic E-state index is 13.4. The summed E-state index contributed by atoms with van der Waals surface area (Å²) in [6, 6.07) is 12.2. The average Bonchev–Trinajstić information content (AvgIpc) is 3.55. The van der Waals surface area contributed by atoms with Gasteiger partial charge < -0.3 is 14.6 Å². The van der Waals surface area contributed by atoms with Crippen LogP contribution in [0.4, 0.5) is 11.4 Å². The van der Waals surface area contributed by atoms with Gasteiger partial charge in [-0.25, -0.2) is 21.1 Å². The molecule has 11 nitrogen and oxygen atoms in total. The number of hydrogen-bond acceptors (Lipinski definition) is 7. The van der Waals surface area contributed by atoms with Crippen LogP contribution in [0.5, 0.6) is 0 Å². The third-order valence-electron chi connectivity index (χ3n) is 8.91. The molecule has 43 heavy (non-hydrogen) atoms. The molecule has 0 aliphatic carbocycles. The van der Waals surface area contributed by atoms with Gasteiger partial charge in [0.2, 0.25) is 21.0 Å². The van der Waals surface area contributed by atoms with E-state index in [-0.39, 0.29) is 23.5 Å². The van der Waals surface area contributed by atoms with Crippen molar-refractivity contribution in [1.29, 1.82) is 0 Å². The third kappa shape index (κ3) is 5.70. The standard InChI is InChI=1S/C30H36N4O7S2/c1-20-8-11-27(41-20)43(39,40)33-15-4-5-22(19-33)29(35)31-25-9-10-26-28-23(25)6-3-7-24(28)30(36)34(26)18-14-21-12-16-32(17-13-21)42(2,37)38/h3,6-11,21-22H,4-5,12-19H2,1-2H3,(H,31,35). The van der Waals surface area contributed by atoms with Gasteiger partial charge in [-0.05, 0) is 75.3 Å². The molecule has 1 aromatic heterocycles. The van der Waals surface area contributed by atoms with E-state index in [1.807, 2.05) is 12.1 Å². The maximum Gasteiger partial charge on any atom is 0.276 e. The van der Waals surface area contributed by atoms with Crippen LogP contribution in [0.1, 0.15) is 48.2 Å². The monoisotopic (exact) mass is 628 g/mol. The zero-order valence-electron chi connectivity index (χ0n) is 24.3. The lowest BCUT2D eigenvalue weighted by atomic mass is 9.94. The number of nitrogens with zero attached hydrogens (tertiary/aromatic N) is 3. The average molecular weight is 629 g/mol. The van der Waals surface area contributed by atoms with Crippen LogP contribution in [0.25, 0.3) is 10.8 Å². The Hall–Kier alpha value is -3.26. The number of hydrogen-bond donors (Lipinski definition) is 1. The first kappa shape index (κ1) is 29.8. The van der Waals surface area contributed by atoms with Crippen LogP contribution in [0.15, 0.2) is 52.0 Å². The zero-order chi connectivity index (χ0) is 30.5. The molecule has 0 saturated carbocycles. The number of benzene rings is 2. The molecule has 2 amide bonds. The first-order valence-electron chi connectivity index (χ1n) is 14.6. The zero-order valence-corrected chi connectivity index (χ0v) is 25.9. The van der Waals surface area contributed by atoms with Gasteiger partial charge in [-0.1, -0.05) is 12.1 Å². The smallest absolute Gasteiger partial charge is 0.276 e. The number of rotatable bonds is 8. The van der Waals surface area contributed by atoms with Crippen LogP contribution in [0, 0.1) is 18.8 Å². The molecule has 230 valence electrons. The lowest BCUT2D eigenvalue weighted by Crippen LogP contribution is -2.43. The second kappa shape index (κ2) is 11.3. The number of carbonyl (C=O) groups is 2. The predicted molar refractivity (Wildman–Crippen MR) is 163 cm³/mol. The Labute approximate surface area is 251 Å². The van der Waals surface area contributed by atoms with Crippen LogP contribution in [-0.2, 0) is 24.8 Å². The predicted octanol–water partition coefficient (Wildman–Crippen LogP) is 3.80. The lowest BCUT2D eigenvalue weighted by molar-refractivity contribution is -0.120. The third-order valence-corrected chi connectivity index (χ3v) is 12.0. The number of aryl methyl sites for hydroxylation is 1. The summed E-state index contributed by atoms with van der Waals surface area (Å²) in [7, 11) is -7.03. The Morgan fingerprint density at radius 1 is 0.977 bits per heavy atom. The molecule has 3 aromatic rings. The molecule has 0 spiro atoms. The lowest BCUT2D eigenvalue weighted by Gasteiger charge is -2.31. The number of piperidine rings is 2. The Kier molecular flexibility index (Phi) is 7.86. The van der Waals surface area contributed by atoms with Crippen molar-refractivity contribution in [3.8, 4) is 0 Å². The van der Waals surface area contributed by atoms with Crippen LogP contribution < -0.4 is 10.2 Å². The minimum Gasteiger partial charge on any atom is -0.449 e. The Balaban J connectivity index is 1.15. The van der Waals surface area contributed by atoms with E-state index in [0.717, 1.165) is 35.7 Å². The van der Waals surface area contributed by atoms with Gasteiger partial charge >= 0.3 is 0 Å². The summed E-state index contributed by atoms with van der Waals surface area (Å²) in [5, 5.41) is 4.44. The van der Waals surface area contributed by atoms with E-state index < -0.39 is 26.0 Å². The van der Waals surface area contributed by atoms with Crippen LogP contribution in [0.3, 0.4) is 0 Å². The van der Waals surface area contributed by atoms with Gasteiger partial charge in [0.25, 0.3) is 15.9 Å². The van der Waals surface area contributed by atoms with E-state index in [4.69, 9.17) is 4.42 Å². The van der Waals surface area contributed by atoms with Gasteiger partial charge in [0, 0.05) is 54.7 Å². The minimum absolute atomic E-state index is 0.0601. The summed E-state index contributed by atoms with van der Waals surface area (Å²) in [4.78, 5) is 28.7. The van der Waals surface area contributed by atoms with Crippen molar-refractivity contribution in [1.82, 2.24) is 8.61 Å². The van der Waals surface area contributed by atoms with Gasteiger partial charge in [0.15, 0.2) is 0 Å². The number of nitrogens with one attached hydrogen (secondary N) is 1. The van der Waals surface area contributed by atoms with Crippen molar-refractivity contribution in [2.45, 2.75) is 44.1 Å². The summed E-state index contributed by atoms with van der Waals surface area (Å²) < 4.78 is 58.1. The van der Waals surface area contributed by atoms with E-state index >= 15 is 0 Å². The molecule has 3 aliphatic heterocycles. The highest BCUT2D eigenvalue weighted by molar-refractivity contribution is 7.89. The fraction of sp³-hybridized carbons (Fsp3) is 0.467. The molecule has 1 N–H and O–H groups in total. The number of carbonyl (C=O) groups excluding carboxylic acids is 2. The van der Waals surface area contributed by atoms with E-state index in [1.165, 1.54) is 20.9 Å². The van der Waals surface area contributed by atoms with E-state index in [2.05, 4.69) is 5.32 Å². The molecule has 0 radical (unpaired) electrons. The van der Waals surface area contributed by atoms with Gasteiger partial charge in [-0.3, -0.25) is 9.59 Å². The molecular formula is C30H36N4O7S2. The fourth-order valence-electron chi connectivity index (χ4n) is 6.51. The van der Waals surface area contributed by atoms with Gasteiger partial charge in [0.1, 0.15) is 5.76 Å². The van der Waals surface area contributed by atoms with E-state index in [0.29, 0.717) is 61.9 Å². The Morgan fingerprint density at radius 3 is 2.44 bits per heavy atom. The van der Waals surface area contributed by atoms with E-state index in [9.17, 15) is 26.4 Å². The summed E-state index contributed by atoms with van der Waals surface area (Å²) in [5.41, 5.74) is 1.96. The first-order chi connectivity index (χ1) is 20.4. The second-order valence-corrected chi connectivity index (χ2v) is 15.6. The number of anilines is 2. The number of amides is 2. The summed E-state index contributed by atoms with van der Waals surface area (Å²) in [6.45, 7) is 3.60. The van der Waals surface area contributed by atoms with Gasteiger partial charge in [0.05, 0.1) is 17.9 Å². The molecule has 6 rings (SSSR count). The summed E-state index contributed by atoms with van der Waals surface area (Å²) in [6.07, 6.45) is 4.66. The molecule has 13 heteroatoms. The molecule has 3 aliphatic rings. The first-order valence-corrected chi connectivity index (χ1v) is 17.9. The Bertz CT molecular complexity index is 1790. The Morgan fingerprint density at radius 2 is 1.74 bits per heavy atom. The summed E-state index contributed by atoms with van der Waals surface area (Å²) in [5.74, 6) is -0.0465. The normalized spacial score (nSPS) is 20.7. The number of sulfonamides is 2. The van der Waals surface area contributed by atoms with Gasteiger partial charge in [-0.2, -0.15) is 4.31 Å². The molecule has 2 aromatic carbocycles. The van der Waals surface area contributed by atoms with Crippen LogP contribution >= 0.6 is 0 Å². The minimum atomic E-state index is -3.84. The molecule has 2 saturated heterocycles. The highest BCUT2D eigenvalue weighted by Crippen LogP contribution is 2.41. The van der Waals surface area contributed by atoms with Crippen LogP contribution in [0.2, 0.25) is 0 Å². The molecule has 0 bridgehead atoms. The van der Waals surface area contributed by atoms with Crippen molar-refractivity contribution in [2.24, 2.45) is 11.8 Å². The van der Waals surface area contributed by atoms with Crippen molar-refractivity contribution in [3.63, 3.8) is 0 Å². The molecule has 1 atom stereocenters. The fourth-order valence-corrected chi connectivity index (χ4v) is 8.86. The maximum absolute atomic E-state index is 13.4. The SMILES string of the molecule is Cc1ccc(S(=O)(=O)N2CCCC(C(=O)Nc3ccc4c5c(cccc35)C(=O)N4CCC3CCN(S(C)(=O)=O)CC3)C2)o1. The quantitative estimate of drug-likeness (QED) is 0.401. The van der Waals surface area contributed by atoms with Crippen molar-refractivity contribution >= 4 is 54.0 Å². The van der Waals surface area contributed by atoms with Gasteiger partial charge in [-0.15, -0.1) is 0 Å². The van der Waals surface area contributed by atoms with E-state index in [1.54, 1.807) is 36.1 Å². The highest BCUT2D eigenvalue weighted by atomic mass is 32.2. The molecular weight excluding hydrogens is 592 g/mol. The highest BCUT2D eigenvalue weighted by Gasteiger charge is 2.36. The molecule has 4 heterocycles. The summed E-state index contributed by atoms with van der Waals surface area (Å²) >= 11 is 0. The van der Waals surface area contributed by atoms with Crippen molar-refractivity contribution < 1.29 is 30.8 Å². The number of furan rings is 1. The molecule has 2 fully saturated rings.